The average Bonchev–Trinajstić information content (AvgIpc) is 3.10. The number of aromatic nitrogens is 3. The first-order chi connectivity index (χ1) is 8.79. The molecule has 94 valence electrons. The Hall–Kier alpha value is -1.20. The van der Waals surface area contributed by atoms with E-state index in [1.165, 1.54) is 12.8 Å². The van der Waals surface area contributed by atoms with E-state index in [1.54, 1.807) is 0 Å². The van der Waals surface area contributed by atoms with Crippen molar-refractivity contribution in [2.75, 3.05) is 0 Å². The molecule has 1 fully saturated rings. The van der Waals surface area contributed by atoms with Crippen LogP contribution >= 0.6 is 15.9 Å². The van der Waals surface area contributed by atoms with Crippen LogP contribution in [0.1, 0.15) is 24.2 Å². The third-order valence-corrected chi connectivity index (χ3v) is 3.43. The van der Waals surface area contributed by atoms with Gasteiger partial charge in [-0.25, -0.2) is 0 Å². The van der Waals surface area contributed by atoms with Crippen molar-refractivity contribution < 1.29 is 0 Å². The van der Waals surface area contributed by atoms with Crippen molar-refractivity contribution in [1.29, 1.82) is 0 Å². The van der Waals surface area contributed by atoms with Gasteiger partial charge in [0, 0.05) is 29.5 Å². The van der Waals surface area contributed by atoms with Crippen LogP contribution in [0.5, 0.6) is 0 Å². The van der Waals surface area contributed by atoms with Crippen molar-refractivity contribution in [2.45, 2.75) is 32.0 Å². The summed E-state index contributed by atoms with van der Waals surface area (Å²) in [5.41, 5.74) is 2.11. The molecule has 0 amide bonds. The minimum Gasteiger partial charge on any atom is -0.308 e. The molecular weight excluding hydrogens is 292 g/mol. The van der Waals surface area contributed by atoms with Gasteiger partial charge in [0.05, 0.1) is 17.9 Å². The highest BCUT2D eigenvalue weighted by molar-refractivity contribution is 9.10. The number of halogens is 1. The predicted molar refractivity (Wildman–Crippen MR) is 73.1 cm³/mol. The van der Waals surface area contributed by atoms with Crippen LogP contribution in [0, 0.1) is 0 Å². The van der Waals surface area contributed by atoms with Crippen molar-refractivity contribution in [1.82, 2.24) is 20.1 Å². The number of nitrogens with zero attached hydrogens (tertiary/aromatic N) is 3. The lowest BCUT2D eigenvalue weighted by atomic mass is 10.3. The normalized spacial score (nSPS) is 14.9. The van der Waals surface area contributed by atoms with Crippen molar-refractivity contribution in [2.24, 2.45) is 0 Å². The summed E-state index contributed by atoms with van der Waals surface area (Å²) in [5, 5.41) is 7.99. The summed E-state index contributed by atoms with van der Waals surface area (Å²) < 4.78 is 2.93. The van der Waals surface area contributed by atoms with Gasteiger partial charge in [0.15, 0.2) is 0 Å². The number of pyridine rings is 1. The Morgan fingerprint density at radius 3 is 2.89 bits per heavy atom. The number of hydrogen-bond acceptors (Lipinski definition) is 3. The summed E-state index contributed by atoms with van der Waals surface area (Å²) >= 11 is 3.38. The van der Waals surface area contributed by atoms with Gasteiger partial charge in [0.2, 0.25) is 0 Å². The first kappa shape index (κ1) is 11.9. The molecule has 0 bridgehead atoms. The summed E-state index contributed by atoms with van der Waals surface area (Å²) in [6.07, 6.45) is 6.44. The standard InChI is InChI=1S/C13H15BrN4/c14-10-1-2-13(15-7-10)9-18-6-5-12(17-18)8-16-11-3-4-11/h1-2,5-7,11,16H,3-4,8-9H2. The molecule has 1 aliphatic carbocycles. The molecule has 5 heteroatoms. The van der Waals surface area contributed by atoms with E-state index in [9.17, 15) is 0 Å². The van der Waals surface area contributed by atoms with Crippen LogP contribution in [-0.2, 0) is 13.1 Å². The Bertz CT molecular complexity index is 516. The van der Waals surface area contributed by atoms with E-state index in [-0.39, 0.29) is 0 Å². The minimum atomic E-state index is 0.719. The molecule has 0 spiro atoms. The number of rotatable bonds is 5. The first-order valence-electron chi connectivity index (χ1n) is 6.16. The molecule has 2 aromatic rings. The second-order valence-electron chi connectivity index (χ2n) is 4.63. The van der Waals surface area contributed by atoms with E-state index in [4.69, 9.17) is 0 Å². The fraction of sp³-hybridized carbons (Fsp3) is 0.385. The zero-order valence-electron chi connectivity index (χ0n) is 10.0. The van der Waals surface area contributed by atoms with Crippen molar-refractivity contribution in [3.8, 4) is 0 Å². The lowest BCUT2D eigenvalue weighted by Crippen LogP contribution is -2.16. The van der Waals surface area contributed by atoms with Gasteiger partial charge in [0.1, 0.15) is 0 Å². The molecular formula is C13H15BrN4. The second kappa shape index (κ2) is 5.20. The van der Waals surface area contributed by atoms with Gasteiger partial charge < -0.3 is 5.32 Å². The Morgan fingerprint density at radius 2 is 2.17 bits per heavy atom. The predicted octanol–water partition coefficient (Wildman–Crippen LogP) is 2.34. The van der Waals surface area contributed by atoms with Gasteiger partial charge in [-0.15, -0.1) is 0 Å². The van der Waals surface area contributed by atoms with E-state index in [0.717, 1.165) is 35.0 Å². The van der Waals surface area contributed by atoms with E-state index >= 15 is 0 Å². The van der Waals surface area contributed by atoms with Gasteiger partial charge in [-0.05, 0) is 47.0 Å². The van der Waals surface area contributed by atoms with Gasteiger partial charge in [0.25, 0.3) is 0 Å². The summed E-state index contributed by atoms with van der Waals surface area (Å²) in [5.74, 6) is 0. The molecule has 1 N–H and O–H groups in total. The zero-order valence-corrected chi connectivity index (χ0v) is 11.6. The summed E-state index contributed by atoms with van der Waals surface area (Å²) in [6.45, 7) is 1.59. The third kappa shape index (κ3) is 3.17. The van der Waals surface area contributed by atoms with E-state index < -0.39 is 0 Å². The number of hydrogen-bond donors (Lipinski definition) is 1. The Kier molecular flexibility index (Phi) is 3.43. The average molecular weight is 307 g/mol. The first-order valence-corrected chi connectivity index (χ1v) is 6.95. The molecule has 2 aromatic heterocycles. The molecule has 0 unspecified atom stereocenters. The lowest BCUT2D eigenvalue weighted by molar-refractivity contribution is 0.625. The van der Waals surface area contributed by atoms with Crippen LogP contribution in [0.25, 0.3) is 0 Å². The molecule has 2 heterocycles. The van der Waals surface area contributed by atoms with Crippen LogP contribution in [0.3, 0.4) is 0 Å². The molecule has 1 aliphatic rings. The topological polar surface area (TPSA) is 42.7 Å². The molecule has 3 rings (SSSR count). The molecule has 0 aromatic carbocycles. The smallest absolute Gasteiger partial charge is 0.0831 e. The van der Waals surface area contributed by atoms with Crippen molar-refractivity contribution >= 4 is 15.9 Å². The van der Waals surface area contributed by atoms with Crippen molar-refractivity contribution in [3.63, 3.8) is 0 Å². The second-order valence-corrected chi connectivity index (χ2v) is 5.54. The fourth-order valence-corrected chi connectivity index (χ4v) is 2.02. The molecule has 0 radical (unpaired) electrons. The third-order valence-electron chi connectivity index (χ3n) is 2.96. The van der Waals surface area contributed by atoms with E-state index in [2.05, 4.69) is 37.4 Å². The van der Waals surface area contributed by atoms with Gasteiger partial charge in [-0.2, -0.15) is 5.10 Å². The largest absolute Gasteiger partial charge is 0.308 e. The summed E-state index contributed by atoms with van der Waals surface area (Å²) in [7, 11) is 0. The Labute approximate surface area is 115 Å². The highest BCUT2D eigenvalue weighted by Crippen LogP contribution is 2.19. The van der Waals surface area contributed by atoms with Gasteiger partial charge in [-0.3, -0.25) is 9.67 Å². The lowest BCUT2D eigenvalue weighted by Gasteiger charge is -2.01. The van der Waals surface area contributed by atoms with Gasteiger partial charge >= 0.3 is 0 Å². The van der Waals surface area contributed by atoms with Crippen LogP contribution in [0.15, 0.2) is 35.1 Å². The van der Waals surface area contributed by atoms with Crippen LogP contribution in [-0.4, -0.2) is 20.8 Å². The fourth-order valence-electron chi connectivity index (χ4n) is 1.79. The maximum atomic E-state index is 4.53. The quantitative estimate of drug-likeness (QED) is 0.922. The molecule has 0 aliphatic heterocycles. The van der Waals surface area contributed by atoms with Crippen LogP contribution in [0.4, 0.5) is 0 Å². The molecule has 0 atom stereocenters. The molecule has 4 nitrogen and oxygen atoms in total. The van der Waals surface area contributed by atoms with Gasteiger partial charge in [-0.1, -0.05) is 0 Å². The molecule has 1 saturated carbocycles. The van der Waals surface area contributed by atoms with Crippen LogP contribution < -0.4 is 5.32 Å². The van der Waals surface area contributed by atoms with Crippen LogP contribution in [0.2, 0.25) is 0 Å². The summed E-state index contributed by atoms with van der Waals surface area (Å²) in [4.78, 5) is 4.34. The summed E-state index contributed by atoms with van der Waals surface area (Å²) in [6, 6.07) is 6.80. The minimum absolute atomic E-state index is 0.719. The monoisotopic (exact) mass is 306 g/mol. The Morgan fingerprint density at radius 1 is 1.28 bits per heavy atom. The zero-order chi connectivity index (χ0) is 12.4. The molecule has 0 saturated heterocycles. The maximum Gasteiger partial charge on any atom is 0.0831 e. The molecule has 18 heavy (non-hydrogen) atoms. The number of nitrogens with one attached hydrogen (secondary N) is 1. The highest BCUT2D eigenvalue weighted by Gasteiger charge is 2.20. The Balaban J connectivity index is 1.60. The highest BCUT2D eigenvalue weighted by atomic mass is 79.9. The van der Waals surface area contributed by atoms with E-state index in [0.29, 0.717) is 0 Å². The maximum absolute atomic E-state index is 4.53. The van der Waals surface area contributed by atoms with Crippen molar-refractivity contribution in [3.05, 3.63) is 46.5 Å². The SMILES string of the molecule is Brc1ccc(Cn2ccc(CNC3CC3)n2)nc1. The van der Waals surface area contributed by atoms with E-state index in [1.807, 2.05) is 29.2 Å².